The van der Waals surface area contributed by atoms with Crippen molar-refractivity contribution < 1.29 is 89.7 Å². The number of carboxylic acid groups (broad SMARTS) is 4. The molecule has 13 N–H and O–H groups in total. The summed E-state index contributed by atoms with van der Waals surface area (Å²) in [5.74, 6) is -9.06. The van der Waals surface area contributed by atoms with Gasteiger partial charge in [-0.25, -0.2) is 13.4 Å². The van der Waals surface area contributed by atoms with Gasteiger partial charge in [-0.15, -0.1) is 0 Å². The number of nitrogens with zero attached hydrogens (tertiary/aromatic N) is 6. The number of carbonyl (C=O) groups is 9. The van der Waals surface area contributed by atoms with Crippen LogP contribution in [0, 0.1) is 13.8 Å². The number of aryl methyl sites for hydroxylation is 3. The molecule has 506 valence electrons. The molecule has 0 bridgehead atoms. The lowest BCUT2D eigenvalue weighted by molar-refractivity contribution is -0.140. The average molecular weight is 1330 g/mol. The third kappa shape index (κ3) is 25.2. The lowest BCUT2D eigenvalue weighted by Gasteiger charge is -2.33. The highest BCUT2D eigenvalue weighted by Crippen LogP contribution is 2.26. The zero-order chi connectivity index (χ0) is 67.9. The number of hydrogen-bond donors (Lipinski definition) is 13. The van der Waals surface area contributed by atoms with Gasteiger partial charge in [0, 0.05) is 128 Å². The van der Waals surface area contributed by atoms with Crippen molar-refractivity contribution in [3.05, 3.63) is 81.4 Å². The second kappa shape index (κ2) is 35.2. The number of carbonyl (C=O) groups excluding carboxylic acids is 5. The molecular weight excluding hydrogens is 1250 g/mol. The van der Waals surface area contributed by atoms with E-state index in [4.69, 9.17) is 4.74 Å². The first-order valence-corrected chi connectivity index (χ1v) is 32.2. The molecule has 2 aromatic heterocycles. The van der Waals surface area contributed by atoms with Gasteiger partial charge in [0.25, 0.3) is 16.0 Å². The minimum atomic E-state index is -4.81. The van der Waals surface area contributed by atoms with Gasteiger partial charge in [0.2, 0.25) is 39.1 Å². The monoisotopic (exact) mass is 1330 g/mol. The fraction of sp³-hybridized carbons (Fsp3) is 0.518. The van der Waals surface area contributed by atoms with E-state index in [-0.39, 0.29) is 157 Å². The molecule has 0 saturated carbocycles. The van der Waals surface area contributed by atoms with E-state index in [0.717, 1.165) is 5.56 Å². The van der Waals surface area contributed by atoms with Crippen LogP contribution >= 0.6 is 0 Å². The number of aliphatic carboxylic acids is 4. The van der Waals surface area contributed by atoms with E-state index in [2.05, 4.69) is 46.6 Å². The number of rotatable bonds is 34. The molecule has 0 radical (unpaired) electrons. The van der Waals surface area contributed by atoms with Crippen LogP contribution in [0.4, 0.5) is 5.95 Å². The van der Waals surface area contributed by atoms with Gasteiger partial charge >= 0.3 is 23.9 Å². The summed E-state index contributed by atoms with van der Waals surface area (Å²) >= 11 is 0. The molecule has 3 heterocycles. The first-order chi connectivity index (χ1) is 43.4. The van der Waals surface area contributed by atoms with Crippen molar-refractivity contribution in [1.82, 2.24) is 65.4 Å². The maximum atomic E-state index is 13.7. The number of aromatic amines is 1. The third-order valence-electron chi connectivity index (χ3n) is 14.4. The topological polar surface area (TPSA) is 480 Å². The maximum Gasteiger partial charge on any atom is 0.323 e. The molecule has 0 aliphatic carbocycles. The number of hydrogen-bond acceptors (Lipinski definition) is 21. The van der Waals surface area contributed by atoms with Crippen LogP contribution in [0.15, 0.2) is 58.6 Å². The molecule has 1 aliphatic rings. The van der Waals surface area contributed by atoms with E-state index in [1.807, 2.05) is 0 Å². The molecule has 36 heteroatoms. The number of nitrogens with one attached hydrogen (secondary N) is 8. The summed E-state index contributed by atoms with van der Waals surface area (Å²) < 4.78 is 70.1. The van der Waals surface area contributed by atoms with E-state index in [0.29, 0.717) is 18.0 Å². The normalized spacial score (nSPS) is 15.1. The van der Waals surface area contributed by atoms with Crippen LogP contribution in [0.3, 0.4) is 0 Å². The number of H-pyrrole nitrogens is 1. The highest BCUT2D eigenvalue weighted by molar-refractivity contribution is 7.89. The highest BCUT2D eigenvalue weighted by Gasteiger charge is 2.31. The molecule has 3 atom stereocenters. The van der Waals surface area contributed by atoms with Gasteiger partial charge in [-0.05, 0) is 74.6 Å². The molecule has 34 nitrogen and oxygen atoms in total. The number of imidazole rings is 1. The highest BCUT2D eigenvalue weighted by atomic mass is 32.2. The van der Waals surface area contributed by atoms with Crippen molar-refractivity contribution in [2.45, 2.75) is 76.0 Å². The Balaban J connectivity index is 1.03. The molecule has 5 amide bonds. The second-order valence-electron chi connectivity index (χ2n) is 22.0. The number of fused-ring (bicyclic) bond motifs is 1. The minimum Gasteiger partial charge on any atom is -0.494 e. The summed E-state index contributed by atoms with van der Waals surface area (Å²) in [6.07, 6.45) is 4.32. The Morgan fingerprint density at radius 1 is 0.707 bits per heavy atom. The largest absolute Gasteiger partial charge is 0.494 e. The first-order valence-electron chi connectivity index (χ1n) is 29.1. The lowest BCUT2D eigenvalue weighted by Crippen LogP contribution is -2.51. The van der Waals surface area contributed by atoms with Crippen LogP contribution in [-0.4, -0.2) is 258 Å². The van der Waals surface area contributed by atoms with Crippen LogP contribution in [-0.2, 0) is 72.1 Å². The van der Waals surface area contributed by atoms with Crippen LogP contribution in [0.1, 0.15) is 59.7 Å². The van der Waals surface area contributed by atoms with Gasteiger partial charge in [-0.2, -0.15) is 13.1 Å². The first kappa shape index (κ1) is 74.1. The summed E-state index contributed by atoms with van der Waals surface area (Å²) in [6, 6.07) is 3.56. The molecular formula is C56H80N14O20S2. The van der Waals surface area contributed by atoms with E-state index in [1.54, 1.807) is 68.7 Å². The zero-order valence-corrected chi connectivity index (χ0v) is 52.9. The predicted octanol–water partition coefficient (Wildman–Crippen LogP) is -2.82. The Morgan fingerprint density at radius 3 is 1.80 bits per heavy atom. The number of aromatic nitrogens is 3. The molecule has 1 saturated heterocycles. The van der Waals surface area contributed by atoms with Crippen LogP contribution in [0.25, 0.3) is 10.9 Å². The molecule has 0 spiro atoms. The van der Waals surface area contributed by atoms with Crippen LogP contribution in [0.5, 0.6) is 5.75 Å². The number of sulfonamides is 1. The summed E-state index contributed by atoms with van der Waals surface area (Å²) in [6.45, 7) is 3.98. The van der Waals surface area contributed by atoms with Crippen molar-refractivity contribution in [2.24, 2.45) is 7.05 Å². The average Bonchev–Trinajstić information content (AvgIpc) is 0.802. The number of anilines is 1. The zero-order valence-electron chi connectivity index (χ0n) is 51.3. The van der Waals surface area contributed by atoms with E-state index < -0.39 is 109 Å². The minimum absolute atomic E-state index is 0.00664. The van der Waals surface area contributed by atoms with Crippen molar-refractivity contribution in [3.8, 4) is 5.75 Å². The Bertz CT molecular complexity index is 3520. The predicted molar refractivity (Wildman–Crippen MR) is 330 cm³/mol. The fourth-order valence-electron chi connectivity index (χ4n) is 9.89. The molecule has 2 aromatic carbocycles. The summed E-state index contributed by atoms with van der Waals surface area (Å²) in [5.41, 5.74) is 0.757. The van der Waals surface area contributed by atoms with Gasteiger partial charge in [-0.1, -0.05) is 6.07 Å². The van der Waals surface area contributed by atoms with Crippen LogP contribution in [0.2, 0.25) is 0 Å². The Morgan fingerprint density at radius 2 is 1.27 bits per heavy atom. The van der Waals surface area contributed by atoms with Gasteiger partial charge < -0.3 is 66.6 Å². The molecule has 4 aromatic rings. The summed E-state index contributed by atoms with van der Waals surface area (Å²) in [7, 11) is -7.74. The lowest BCUT2D eigenvalue weighted by atomic mass is 10.1. The second-order valence-corrected chi connectivity index (χ2v) is 25.1. The summed E-state index contributed by atoms with van der Waals surface area (Å²) in [4.78, 5) is 139. The van der Waals surface area contributed by atoms with Gasteiger partial charge in [-0.3, -0.25) is 72.1 Å². The van der Waals surface area contributed by atoms with Gasteiger partial charge in [0.1, 0.15) is 29.1 Å². The molecule has 1 fully saturated rings. The van der Waals surface area contributed by atoms with E-state index in [1.165, 1.54) is 32.2 Å². The quantitative estimate of drug-likeness (QED) is 0.0166. The maximum absolute atomic E-state index is 13.7. The number of carboxylic acids is 4. The Kier molecular flexibility index (Phi) is 28.4. The van der Waals surface area contributed by atoms with Crippen molar-refractivity contribution in [2.75, 3.05) is 116 Å². The third-order valence-corrected chi connectivity index (χ3v) is 16.9. The van der Waals surface area contributed by atoms with E-state index in [9.17, 15) is 89.8 Å². The van der Waals surface area contributed by atoms with Crippen LogP contribution < -0.4 is 46.8 Å². The van der Waals surface area contributed by atoms with Crippen molar-refractivity contribution in [1.29, 1.82) is 0 Å². The number of benzene rings is 2. The molecule has 5 rings (SSSR count). The SMILES string of the molecule is Cc1cc(OCCCC(=O)NCCNC(=O)C(CS(=O)(=O)O)NC(=O)CC[C@@H](C)NC(=O)CN2CCN(CC(=O)O)CCN(CC(=O)O)CCN(CC(=O)O)CC2)cc(C)c1S(=O)(=O)N[C@@H](CNC(=O)c1cn(C)c2cc(CNc3ncc[nH]3)ccc2c1=O)C(=O)O. The number of amides is 5. The van der Waals surface area contributed by atoms with Gasteiger partial charge in [0.15, 0.2) is 5.95 Å². The summed E-state index contributed by atoms with van der Waals surface area (Å²) in [5, 5.41) is 54.0. The van der Waals surface area contributed by atoms with Crippen molar-refractivity contribution in [3.63, 3.8) is 0 Å². The van der Waals surface area contributed by atoms with E-state index >= 15 is 0 Å². The smallest absolute Gasteiger partial charge is 0.323 e. The van der Waals surface area contributed by atoms with Gasteiger partial charge in [0.05, 0.1) is 43.2 Å². The Hall–Kier alpha value is -8.65. The molecule has 92 heavy (non-hydrogen) atoms. The number of ether oxygens (including phenoxy) is 1. The molecule has 1 unspecified atom stereocenters. The fourth-order valence-corrected chi connectivity index (χ4v) is 12.2. The molecule has 1 aliphatic heterocycles. The van der Waals surface area contributed by atoms with Crippen molar-refractivity contribution >= 4 is 90.4 Å². The Labute approximate surface area is 529 Å². The standard InChI is InChI=1S/C56H80N14O20S2/c1-35-24-39(25-36(2)52(35)92(88,89)65-42(55(83)84)28-61-53(81)41-29-66(4)44-26-38(8-9-40(44)51(41)80)27-62-56-59-13-14-60-56)90-23-5-6-45(71)57-11-12-58-54(82)43(34-91(85,86)87)64-46(72)10-7-37(3)63-47(73)30-67-15-17-68(31-48(74)75)19-21-70(33-50(78)79)22-20-69(18-16-67)32-49(76)77/h8-9,13-14,24-26,29,37,42-43,65H,5-7,10-12,15-23,27-28,30-34H2,1-4H3,(H,57,71)(H,58,82)(H,61,81)(H,63,73)(H,64,72)(H,74,75)(H,76,77)(H,78,79)(H,83,84)(H2,59,60,62)(H,85,86,87)/t37-,42+,43?/m1/s1. The number of pyridine rings is 1.